The van der Waals surface area contributed by atoms with Gasteiger partial charge in [-0.05, 0) is 73.6 Å². The monoisotopic (exact) mass is 384 g/mol. The average molecular weight is 385 g/mol. The van der Waals surface area contributed by atoms with E-state index in [0.717, 1.165) is 18.4 Å². The highest BCUT2D eigenvalue weighted by Gasteiger charge is 2.14. The van der Waals surface area contributed by atoms with Crippen LogP contribution in [0.25, 0.3) is 0 Å². The first-order valence-corrected chi connectivity index (χ1v) is 9.85. The molecular formula is C22H25ClN2O2. The van der Waals surface area contributed by atoms with Crippen molar-refractivity contribution in [3.8, 4) is 0 Å². The molecule has 0 heterocycles. The van der Waals surface area contributed by atoms with Gasteiger partial charge in [0.2, 0.25) is 5.91 Å². The summed E-state index contributed by atoms with van der Waals surface area (Å²) in [5.41, 5.74) is 4.51. The minimum atomic E-state index is -0.206. The van der Waals surface area contributed by atoms with Gasteiger partial charge in [-0.3, -0.25) is 9.59 Å². The maximum Gasteiger partial charge on any atom is 0.251 e. The molecule has 0 aromatic heterocycles. The lowest BCUT2D eigenvalue weighted by atomic mass is 9.89. The number of fused-ring (bicyclic) bond motifs is 1. The Morgan fingerprint density at radius 1 is 1.04 bits per heavy atom. The van der Waals surface area contributed by atoms with Gasteiger partial charge >= 0.3 is 0 Å². The van der Waals surface area contributed by atoms with E-state index >= 15 is 0 Å². The Balaban J connectivity index is 1.46. The predicted octanol–water partition coefficient (Wildman–Crippen LogP) is 4.22. The van der Waals surface area contributed by atoms with Gasteiger partial charge < -0.3 is 10.6 Å². The van der Waals surface area contributed by atoms with Crippen molar-refractivity contribution in [3.05, 3.63) is 69.7 Å². The number of rotatable bonds is 6. The second-order valence-electron chi connectivity index (χ2n) is 7.04. The lowest BCUT2D eigenvalue weighted by Crippen LogP contribution is -2.32. The number of hydrogen-bond donors (Lipinski definition) is 2. The van der Waals surface area contributed by atoms with E-state index in [2.05, 4.69) is 28.8 Å². The third kappa shape index (κ3) is 5.33. The van der Waals surface area contributed by atoms with Gasteiger partial charge in [-0.25, -0.2) is 0 Å². The second-order valence-corrected chi connectivity index (χ2v) is 7.47. The van der Waals surface area contributed by atoms with Gasteiger partial charge in [0.25, 0.3) is 5.91 Å². The van der Waals surface area contributed by atoms with Crippen LogP contribution in [0, 0.1) is 0 Å². The molecule has 2 N–H and O–H groups in total. The van der Waals surface area contributed by atoms with Crippen molar-refractivity contribution >= 4 is 23.4 Å². The Morgan fingerprint density at radius 3 is 2.48 bits per heavy atom. The van der Waals surface area contributed by atoms with E-state index in [1.54, 1.807) is 24.3 Å². The summed E-state index contributed by atoms with van der Waals surface area (Å²) in [5, 5.41) is 6.36. The van der Waals surface area contributed by atoms with Gasteiger partial charge in [0, 0.05) is 23.6 Å². The van der Waals surface area contributed by atoms with Gasteiger partial charge in [-0.1, -0.05) is 29.8 Å². The van der Waals surface area contributed by atoms with Crippen LogP contribution in [0.3, 0.4) is 0 Å². The van der Waals surface area contributed by atoms with E-state index in [-0.39, 0.29) is 24.3 Å². The highest BCUT2D eigenvalue weighted by Crippen LogP contribution is 2.24. The molecule has 0 spiro atoms. The van der Waals surface area contributed by atoms with Crippen LogP contribution in [0.5, 0.6) is 0 Å². The van der Waals surface area contributed by atoms with Gasteiger partial charge in [0.15, 0.2) is 0 Å². The molecule has 27 heavy (non-hydrogen) atoms. The molecule has 1 unspecified atom stereocenters. The fourth-order valence-corrected chi connectivity index (χ4v) is 3.54. The van der Waals surface area contributed by atoms with Crippen molar-refractivity contribution in [3.63, 3.8) is 0 Å². The molecule has 0 fully saturated rings. The van der Waals surface area contributed by atoms with E-state index in [1.807, 2.05) is 6.92 Å². The summed E-state index contributed by atoms with van der Waals surface area (Å²) in [6.45, 7) is 2.29. The summed E-state index contributed by atoms with van der Waals surface area (Å²) in [7, 11) is 0. The van der Waals surface area contributed by atoms with Crippen LogP contribution >= 0.6 is 11.6 Å². The summed E-state index contributed by atoms with van der Waals surface area (Å²) >= 11 is 5.82. The Hall–Kier alpha value is -2.33. The van der Waals surface area contributed by atoms with Crippen molar-refractivity contribution in [2.75, 3.05) is 6.54 Å². The molecule has 2 aromatic carbocycles. The van der Waals surface area contributed by atoms with Crippen LogP contribution in [0.1, 0.15) is 59.3 Å². The molecule has 0 aliphatic heterocycles. The highest BCUT2D eigenvalue weighted by atomic mass is 35.5. The molecule has 0 bridgehead atoms. The van der Waals surface area contributed by atoms with E-state index in [9.17, 15) is 9.59 Å². The van der Waals surface area contributed by atoms with Gasteiger partial charge in [0.1, 0.15) is 0 Å². The Labute approximate surface area is 165 Å². The molecule has 2 amide bonds. The van der Waals surface area contributed by atoms with Crippen LogP contribution in [-0.2, 0) is 17.6 Å². The second kappa shape index (κ2) is 9.05. The van der Waals surface area contributed by atoms with Gasteiger partial charge in [-0.2, -0.15) is 0 Å². The first-order valence-electron chi connectivity index (χ1n) is 9.48. The summed E-state index contributed by atoms with van der Waals surface area (Å²) in [4.78, 5) is 24.2. The maximum atomic E-state index is 12.2. The predicted molar refractivity (Wildman–Crippen MR) is 108 cm³/mol. The highest BCUT2D eigenvalue weighted by molar-refractivity contribution is 6.30. The zero-order chi connectivity index (χ0) is 19.2. The van der Waals surface area contributed by atoms with E-state index in [0.29, 0.717) is 17.1 Å². The number of nitrogens with one attached hydrogen (secondary N) is 2. The standard InChI is InChI=1S/C22H25ClN2O2/c1-15(18-7-6-16-4-2-3-5-19(16)14-18)25-21(26)12-13-24-22(27)17-8-10-20(23)11-9-17/h6-11,14-15H,2-5,12-13H2,1H3,(H,24,27)(H,25,26). The number of halogens is 1. The first kappa shape index (κ1) is 19.4. The summed E-state index contributed by atoms with van der Waals surface area (Å²) in [6.07, 6.45) is 5.03. The average Bonchev–Trinajstić information content (AvgIpc) is 2.68. The molecule has 0 saturated carbocycles. The lowest BCUT2D eigenvalue weighted by Gasteiger charge is -2.20. The number of benzene rings is 2. The third-order valence-electron chi connectivity index (χ3n) is 4.99. The van der Waals surface area contributed by atoms with Crippen LogP contribution in [-0.4, -0.2) is 18.4 Å². The molecule has 4 nitrogen and oxygen atoms in total. The van der Waals surface area contributed by atoms with Crippen molar-refractivity contribution in [2.24, 2.45) is 0 Å². The molecule has 1 aliphatic carbocycles. The number of carbonyl (C=O) groups is 2. The molecule has 0 radical (unpaired) electrons. The molecule has 142 valence electrons. The smallest absolute Gasteiger partial charge is 0.251 e. The molecule has 0 saturated heterocycles. The third-order valence-corrected chi connectivity index (χ3v) is 5.25. The fraction of sp³-hybridized carbons (Fsp3) is 0.364. The zero-order valence-corrected chi connectivity index (χ0v) is 16.3. The van der Waals surface area contributed by atoms with Crippen LogP contribution in [0.15, 0.2) is 42.5 Å². The number of hydrogen-bond acceptors (Lipinski definition) is 2. The largest absolute Gasteiger partial charge is 0.352 e. The summed E-state index contributed by atoms with van der Waals surface area (Å²) in [6, 6.07) is 13.1. The Bertz CT molecular complexity index is 818. The lowest BCUT2D eigenvalue weighted by molar-refractivity contribution is -0.121. The van der Waals surface area contributed by atoms with E-state index < -0.39 is 0 Å². The molecule has 1 atom stereocenters. The fourth-order valence-electron chi connectivity index (χ4n) is 3.41. The number of carbonyl (C=O) groups excluding carboxylic acids is 2. The number of amides is 2. The maximum absolute atomic E-state index is 12.2. The Kier molecular flexibility index (Phi) is 6.51. The topological polar surface area (TPSA) is 58.2 Å². The molecule has 3 rings (SSSR count). The molecule has 5 heteroatoms. The minimum absolute atomic E-state index is 0.0447. The Morgan fingerprint density at radius 2 is 1.74 bits per heavy atom. The summed E-state index contributed by atoms with van der Waals surface area (Å²) < 4.78 is 0. The zero-order valence-electron chi connectivity index (χ0n) is 15.6. The van der Waals surface area contributed by atoms with Crippen LogP contribution in [0.2, 0.25) is 5.02 Å². The van der Waals surface area contributed by atoms with Crippen LogP contribution < -0.4 is 10.6 Å². The van der Waals surface area contributed by atoms with Crippen molar-refractivity contribution in [1.82, 2.24) is 10.6 Å². The normalized spacial score (nSPS) is 14.1. The van der Waals surface area contributed by atoms with Crippen molar-refractivity contribution in [1.29, 1.82) is 0 Å². The van der Waals surface area contributed by atoms with Crippen LogP contribution in [0.4, 0.5) is 0 Å². The summed E-state index contributed by atoms with van der Waals surface area (Å²) in [5.74, 6) is -0.279. The van der Waals surface area contributed by atoms with Crippen molar-refractivity contribution in [2.45, 2.75) is 45.1 Å². The van der Waals surface area contributed by atoms with Gasteiger partial charge in [0.05, 0.1) is 6.04 Å². The molecule has 1 aliphatic rings. The number of aryl methyl sites for hydroxylation is 2. The van der Waals surface area contributed by atoms with E-state index in [1.165, 1.54) is 24.0 Å². The first-order chi connectivity index (χ1) is 13.0. The van der Waals surface area contributed by atoms with E-state index in [4.69, 9.17) is 11.6 Å². The minimum Gasteiger partial charge on any atom is -0.352 e. The molecular weight excluding hydrogens is 360 g/mol. The quantitative estimate of drug-likeness (QED) is 0.783. The SMILES string of the molecule is CC(NC(=O)CCNC(=O)c1ccc(Cl)cc1)c1ccc2c(c1)CCCC2. The molecule has 2 aromatic rings. The van der Waals surface area contributed by atoms with Gasteiger partial charge in [-0.15, -0.1) is 0 Å². The van der Waals surface area contributed by atoms with Crippen molar-refractivity contribution < 1.29 is 9.59 Å².